The fourth-order valence-corrected chi connectivity index (χ4v) is 3.47. The quantitative estimate of drug-likeness (QED) is 0.746. The van der Waals surface area contributed by atoms with Crippen molar-refractivity contribution in [1.29, 1.82) is 0 Å². The second kappa shape index (κ2) is 9.48. The van der Waals surface area contributed by atoms with E-state index in [1.54, 1.807) is 12.1 Å². The minimum atomic E-state index is -0.975. The number of aliphatic carboxylic acids is 1. The highest BCUT2D eigenvalue weighted by molar-refractivity contribution is 5.98. The van der Waals surface area contributed by atoms with E-state index in [1.165, 1.54) is 4.90 Å². The van der Waals surface area contributed by atoms with E-state index >= 15 is 0 Å². The molecule has 150 valence electrons. The Hall–Kier alpha value is -2.44. The molecule has 2 atom stereocenters. The Morgan fingerprint density at radius 3 is 2.11 bits per heavy atom. The molecule has 0 spiro atoms. The summed E-state index contributed by atoms with van der Waals surface area (Å²) in [4.78, 5) is 26.3. The van der Waals surface area contributed by atoms with Crippen molar-refractivity contribution >= 4 is 11.9 Å². The van der Waals surface area contributed by atoms with E-state index in [0.717, 1.165) is 12.8 Å². The van der Waals surface area contributed by atoms with Crippen molar-refractivity contribution < 1.29 is 28.9 Å². The van der Waals surface area contributed by atoms with Crippen molar-refractivity contribution in [1.82, 2.24) is 4.90 Å². The average Bonchev–Trinajstić information content (AvgIpc) is 2.63. The smallest absolute Gasteiger partial charge is 0.326 e. The molecule has 0 bridgehead atoms. The van der Waals surface area contributed by atoms with Gasteiger partial charge in [-0.05, 0) is 51.7 Å². The summed E-state index contributed by atoms with van der Waals surface area (Å²) in [6, 6.07) is 2.39. The Balaban J connectivity index is 2.46. The molecule has 1 aliphatic heterocycles. The van der Waals surface area contributed by atoms with Gasteiger partial charge in [-0.2, -0.15) is 0 Å². The van der Waals surface area contributed by atoms with Crippen LogP contribution in [0.5, 0.6) is 17.2 Å². The van der Waals surface area contributed by atoms with Crippen LogP contribution < -0.4 is 14.2 Å². The van der Waals surface area contributed by atoms with Gasteiger partial charge in [-0.1, -0.05) is 6.92 Å². The Labute approximate surface area is 160 Å². The molecule has 0 radical (unpaired) electrons. The number of amides is 1. The first kappa shape index (κ1) is 20.9. The van der Waals surface area contributed by atoms with Crippen molar-refractivity contribution in [2.75, 3.05) is 26.4 Å². The molecule has 1 aromatic rings. The molecule has 0 saturated carbocycles. The lowest BCUT2D eigenvalue weighted by Crippen LogP contribution is -2.51. The molecule has 7 heteroatoms. The van der Waals surface area contributed by atoms with Gasteiger partial charge in [0.1, 0.15) is 6.04 Å². The predicted octanol–water partition coefficient (Wildman–Crippen LogP) is 3.21. The van der Waals surface area contributed by atoms with Crippen molar-refractivity contribution in [3.05, 3.63) is 17.7 Å². The SMILES string of the molecule is CCOc1cc(C(=O)N2CCCC(C)C2C(=O)O)cc(OCC)c1OCC. The minimum absolute atomic E-state index is 0.0966. The van der Waals surface area contributed by atoms with Crippen LogP contribution in [0, 0.1) is 5.92 Å². The summed E-state index contributed by atoms with van der Waals surface area (Å²) in [6.07, 6.45) is 1.57. The lowest BCUT2D eigenvalue weighted by molar-refractivity contribution is -0.145. The van der Waals surface area contributed by atoms with Gasteiger partial charge in [0.15, 0.2) is 11.5 Å². The van der Waals surface area contributed by atoms with Crippen LogP contribution in [0.25, 0.3) is 0 Å². The van der Waals surface area contributed by atoms with E-state index < -0.39 is 12.0 Å². The van der Waals surface area contributed by atoms with E-state index in [4.69, 9.17) is 14.2 Å². The number of carbonyl (C=O) groups excluding carboxylic acids is 1. The maximum Gasteiger partial charge on any atom is 0.326 e. The third kappa shape index (κ3) is 4.64. The third-order valence-electron chi connectivity index (χ3n) is 4.60. The van der Waals surface area contributed by atoms with Crippen molar-refractivity contribution in [2.45, 2.75) is 46.6 Å². The van der Waals surface area contributed by atoms with E-state index in [-0.39, 0.29) is 11.8 Å². The van der Waals surface area contributed by atoms with Crippen LogP contribution in [0.1, 0.15) is 50.9 Å². The molecule has 1 fully saturated rings. The standard InChI is InChI=1S/C20H29NO6/c1-5-25-15-11-14(12-16(26-6-2)18(15)27-7-3)19(22)21-10-8-9-13(4)17(21)20(23)24/h11-13,17H,5-10H2,1-4H3,(H,23,24). The molecule has 7 nitrogen and oxygen atoms in total. The number of benzene rings is 1. The maximum absolute atomic E-state index is 13.2. The first-order valence-electron chi connectivity index (χ1n) is 9.54. The van der Waals surface area contributed by atoms with E-state index in [9.17, 15) is 14.7 Å². The van der Waals surface area contributed by atoms with Gasteiger partial charge in [0, 0.05) is 12.1 Å². The lowest BCUT2D eigenvalue weighted by atomic mass is 9.90. The monoisotopic (exact) mass is 379 g/mol. The fourth-order valence-electron chi connectivity index (χ4n) is 3.47. The summed E-state index contributed by atoms with van der Waals surface area (Å²) in [5.41, 5.74) is 0.339. The number of hydrogen-bond acceptors (Lipinski definition) is 5. The van der Waals surface area contributed by atoms with Gasteiger partial charge in [0.2, 0.25) is 5.75 Å². The van der Waals surface area contributed by atoms with Crippen LogP contribution in [0.15, 0.2) is 12.1 Å². The highest BCUT2D eigenvalue weighted by Crippen LogP contribution is 2.40. The number of hydrogen-bond donors (Lipinski definition) is 1. The molecule has 0 aromatic heterocycles. The second-order valence-electron chi connectivity index (χ2n) is 6.50. The molecule has 1 aliphatic rings. The van der Waals surface area contributed by atoms with Gasteiger partial charge in [0.05, 0.1) is 19.8 Å². The first-order chi connectivity index (χ1) is 12.9. The van der Waals surface area contributed by atoms with E-state index in [2.05, 4.69) is 0 Å². The minimum Gasteiger partial charge on any atom is -0.490 e. The van der Waals surface area contributed by atoms with Crippen molar-refractivity contribution in [3.63, 3.8) is 0 Å². The van der Waals surface area contributed by atoms with E-state index in [1.807, 2.05) is 27.7 Å². The Kier molecular flexibility index (Phi) is 7.33. The normalized spacial score (nSPS) is 19.5. The molecule has 1 N–H and O–H groups in total. The summed E-state index contributed by atoms with van der Waals surface area (Å²) in [5.74, 6) is -0.105. The molecule has 0 aliphatic carbocycles. The summed E-state index contributed by atoms with van der Waals surface area (Å²) in [6.45, 7) is 9.07. The zero-order valence-electron chi connectivity index (χ0n) is 16.5. The number of likely N-dealkylation sites (tertiary alicyclic amines) is 1. The number of carbonyl (C=O) groups is 2. The number of nitrogens with zero attached hydrogens (tertiary/aromatic N) is 1. The van der Waals surface area contributed by atoms with Crippen molar-refractivity contribution in [2.24, 2.45) is 5.92 Å². The van der Waals surface area contributed by atoms with Gasteiger partial charge in [-0.3, -0.25) is 4.79 Å². The topological polar surface area (TPSA) is 85.3 Å². The predicted molar refractivity (Wildman–Crippen MR) is 101 cm³/mol. The van der Waals surface area contributed by atoms with E-state index in [0.29, 0.717) is 49.2 Å². The number of ether oxygens (including phenoxy) is 3. The highest BCUT2D eigenvalue weighted by atomic mass is 16.5. The first-order valence-corrected chi connectivity index (χ1v) is 9.54. The summed E-state index contributed by atoms with van der Waals surface area (Å²) in [5, 5.41) is 9.60. The molecule has 1 saturated heterocycles. The average molecular weight is 379 g/mol. The largest absolute Gasteiger partial charge is 0.490 e. The molecule has 2 unspecified atom stereocenters. The third-order valence-corrected chi connectivity index (χ3v) is 4.60. The fraction of sp³-hybridized carbons (Fsp3) is 0.600. The van der Waals surface area contributed by atoms with Gasteiger partial charge in [0.25, 0.3) is 5.91 Å². The van der Waals surface area contributed by atoms with Gasteiger partial charge >= 0.3 is 5.97 Å². The zero-order valence-corrected chi connectivity index (χ0v) is 16.5. The van der Waals surface area contributed by atoms with Crippen LogP contribution in [-0.4, -0.2) is 54.3 Å². The number of carboxylic acids is 1. The van der Waals surface area contributed by atoms with Gasteiger partial charge in [-0.15, -0.1) is 0 Å². The highest BCUT2D eigenvalue weighted by Gasteiger charge is 2.37. The molecular weight excluding hydrogens is 350 g/mol. The molecule has 1 aromatic carbocycles. The van der Waals surface area contributed by atoms with Crippen LogP contribution in [0.2, 0.25) is 0 Å². The summed E-state index contributed by atoms with van der Waals surface area (Å²) < 4.78 is 17.0. The summed E-state index contributed by atoms with van der Waals surface area (Å²) in [7, 11) is 0. The maximum atomic E-state index is 13.2. The number of carboxylic acid groups (broad SMARTS) is 1. The zero-order chi connectivity index (χ0) is 20.0. The van der Waals surface area contributed by atoms with Crippen LogP contribution in [0.3, 0.4) is 0 Å². The lowest BCUT2D eigenvalue weighted by Gasteiger charge is -2.37. The van der Waals surface area contributed by atoms with Gasteiger partial charge in [-0.25, -0.2) is 4.79 Å². The number of piperidine rings is 1. The Morgan fingerprint density at radius 1 is 1.07 bits per heavy atom. The summed E-state index contributed by atoms with van der Waals surface area (Å²) >= 11 is 0. The van der Waals surface area contributed by atoms with Crippen molar-refractivity contribution in [3.8, 4) is 17.2 Å². The molecule has 2 rings (SSSR count). The Bertz CT molecular complexity index is 647. The molecule has 1 heterocycles. The van der Waals surface area contributed by atoms with Crippen LogP contribution in [-0.2, 0) is 4.79 Å². The molecule has 27 heavy (non-hydrogen) atoms. The second-order valence-corrected chi connectivity index (χ2v) is 6.50. The molecular formula is C20H29NO6. The molecule has 1 amide bonds. The van der Waals surface area contributed by atoms with Crippen LogP contribution >= 0.6 is 0 Å². The Morgan fingerprint density at radius 2 is 1.63 bits per heavy atom. The van der Waals surface area contributed by atoms with Crippen LogP contribution in [0.4, 0.5) is 0 Å². The number of rotatable bonds is 8. The van der Waals surface area contributed by atoms with Gasteiger partial charge < -0.3 is 24.2 Å².